The molecule has 0 aliphatic heterocycles. The third-order valence-corrected chi connectivity index (χ3v) is 3.73. The number of aromatic nitrogens is 3. The van der Waals surface area contributed by atoms with Crippen molar-refractivity contribution >= 4 is 11.6 Å². The van der Waals surface area contributed by atoms with E-state index >= 15 is 0 Å². The van der Waals surface area contributed by atoms with Crippen molar-refractivity contribution in [2.24, 2.45) is 0 Å². The van der Waals surface area contributed by atoms with Gasteiger partial charge in [0.2, 0.25) is 0 Å². The fourth-order valence-corrected chi connectivity index (χ4v) is 2.38. The maximum absolute atomic E-state index is 13.6. The van der Waals surface area contributed by atoms with Crippen molar-refractivity contribution in [1.82, 2.24) is 15.1 Å². The highest BCUT2D eigenvalue weighted by Gasteiger charge is 2.14. The molecular weight excluding hydrogens is 363 g/mol. The average molecular weight is 376 g/mol. The highest BCUT2D eigenvalue weighted by molar-refractivity contribution is 6.03. The third kappa shape index (κ3) is 3.85. The van der Waals surface area contributed by atoms with E-state index in [-0.39, 0.29) is 17.5 Å². The molecule has 2 aromatic heterocycles. The van der Waals surface area contributed by atoms with E-state index < -0.39 is 11.7 Å². The van der Waals surface area contributed by atoms with E-state index in [4.69, 9.17) is 9.26 Å². The van der Waals surface area contributed by atoms with Gasteiger partial charge < -0.3 is 14.6 Å². The van der Waals surface area contributed by atoms with Crippen molar-refractivity contribution in [2.75, 3.05) is 5.32 Å². The zero-order chi connectivity index (χ0) is 19.3. The highest BCUT2D eigenvalue weighted by Crippen LogP contribution is 2.22. The number of para-hydroxylation sites is 1. The molecule has 0 spiro atoms. The van der Waals surface area contributed by atoms with Crippen LogP contribution in [-0.4, -0.2) is 21.0 Å². The van der Waals surface area contributed by atoms with Gasteiger partial charge in [0.1, 0.15) is 0 Å². The monoisotopic (exact) mass is 376 g/mol. The van der Waals surface area contributed by atoms with Crippen LogP contribution in [0.1, 0.15) is 10.5 Å². The minimum absolute atomic E-state index is 0.00956. The minimum atomic E-state index is -0.524. The molecule has 0 atom stereocenters. The first kappa shape index (κ1) is 17.3. The Morgan fingerprint density at radius 2 is 1.71 bits per heavy atom. The molecule has 0 bridgehead atoms. The lowest BCUT2D eigenvalue weighted by Gasteiger charge is -2.05. The summed E-state index contributed by atoms with van der Waals surface area (Å²) in [5.41, 5.74) is 1.26. The first-order chi connectivity index (χ1) is 13.7. The summed E-state index contributed by atoms with van der Waals surface area (Å²) < 4.78 is 24.1. The van der Waals surface area contributed by atoms with E-state index in [0.717, 1.165) is 5.56 Å². The van der Waals surface area contributed by atoms with E-state index in [1.54, 1.807) is 18.2 Å². The first-order valence-corrected chi connectivity index (χ1v) is 8.27. The summed E-state index contributed by atoms with van der Waals surface area (Å²) in [7, 11) is 0. The SMILES string of the molecule is O=C(Nc1cnc(Oc2ccccc2F)nc1)c1cc(-c2ccccc2)on1. The highest BCUT2D eigenvalue weighted by atomic mass is 19.1. The molecule has 0 saturated carbocycles. The molecule has 0 aliphatic carbocycles. The van der Waals surface area contributed by atoms with Crippen LogP contribution >= 0.6 is 0 Å². The van der Waals surface area contributed by atoms with Gasteiger partial charge in [0, 0.05) is 11.6 Å². The number of halogens is 1. The fourth-order valence-electron chi connectivity index (χ4n) is 2.38. The summed E-state index contributed by atoms with van der Waals surface area (Å²) >= 11 is 0. The molecule has 0 fully saturated rings. The van der Waals surface area contributed by atoms with Crippen LogP contribution in [-0.2, 0) is 0 Å². The summed E-state index contributed by atoms with van der Waals surface area (Å²) in [6, 6.07) is 16.7. The van der Waals surface area contributed by atoms with Crippen LogP contribution in [0.25, 0.3) is 11.3 Å². The topological polar surface area (TPSA) is 90.1 Å². The number of rotatable bonds is 5. The summed E-state index contributed by atoms with van der Waals surface area (Å²) in [5, 5.41) is 6.39. The van der Waals surface area contributed by atoms with E-state index in [2.05, 4.69) is 20.4 Å². The molecule has 7 nitrogen and oxygen atoms in total. The Hall–Kier alpha value is -4.07. The minimum Gasteiger partial charge on any atom is -0.421 e. The number of nitrogens with zero attached hydrogens (tertiary/aromatic N) is 3. The smallest absolute Gasteiger partial charge is 0.322 e. The largest absolute Gasteiger partial charge is 0.421 e. The first-order valence-electron chi connectivity index (χ1n) is 8.27. The van der Waals surface area contributed by atoms with Crippen molar-refractivity contribution in [3.63, 3.8) is 0 Å². The van der Waals surface area contributed by atoms with Gasteiger partial charge in [0.25, 0.3) is 5.91 Å². The molecule has 28 heavy (non-hydrogen) atoms. The zero-order valence-electron chi connectivity index (χ0n) is 14.4. The summed E-state index contributed by atoms with van der Waals surface area (Å²) in [5.74, 6) is -0.507. The second kappa shape index (κ2) is 7.67. The van der Waals surface area contributed by atoms with E-state index in [9.17, 15) is 9.18 Å². The van der Waals surface area contributed by atoms with Gasteiger partial charge in [-0.05, 0) is 12.1 Å². The van der Waals surface area contributed by atoms with Crippen LogP contribution < -0.4 is 10.1 Å². The lowest BCUT2D eigenvalue weighted by Crippen LogP contribution is -2.12. The van der Waals surface area contributed by atoms with Gasteiger partial charge in [-0.15, -0.1) is 0 Å². The van der Waals surface area contributed by atoms with E-state index in [1.165, 1.54) is 24.5 Å². The van der Waals surface area contributed by atoms with Crippen LogP contribution in [0.3, 0.4) is 0 Å². The molecule has 8 heteroatoms. The maximum atomic E-state index is 13.6. The number of hydrogen-bond acceptors (Lipinski definition) is 6. The molecule has 0 unspecified atom stereocenters. The second-order valence-corrected chi connectivity index (χ2v) is 5.68. The fraction of sp³-hybridized carbons (Fsp3) is 0. The molecule has 4 aromatic rings. The number of benzene rings is 2. The summed E-state index contributed by atoms with van der Waals surface area (Å²) in [4.78, 5) is 20.2. The lowest BCUT2D eigenvalue weighted by atomic mass is 10.1. The Labute approximate surface area is 158 Å². The van der Waals surface area contributed by atoms with Crippen LogP contribution in [0.4, 0.5) is 10.1 Å². The van der Waals surface area contributed by atoms with Crippen molar-refractivity contribution in [3.8, 4) is 23.1 Å². The van der Waals surface area contributed by atoms with Gasteiger partial charge in [-0.25, -0.2) is 14.4 Å². The Bertz CT molecular complexity index is 1100. The molecule has 138 valence electrons. The standard InChI is InChI=1S/C20H13FN4O3/c21-15-8-4-5-9-17(15)27-20-22-11-14(12-23-20)24-19(26)16-10-18(28-25-16)13-6-2-1-3-7-13/h1-12H,(H,24,26). The van der Waals surface area contributed by atoms with Crippen molar-refractivity contribution in [1.29, 1.82) is 0 Å². The number of ether oxygens (including phenoxy) is 1. The Kier molecular flexibility index (Phi) is 4.75. The summed E-state index contributed by atoms with van der Waals surface area (Å²) in [6.07, 6.45) is 2.69. The molecule has 4 rings (SSSR count). The second-order valence-electron chi connectivity index (χ2n) is 5.68. The zero-order valence-corrected chi connectivity index (χ0v) is 14.4. The molecular formula is C20H13FN4O3. The number of anilines is 1. The number of nitrogens with one attached hydrogen (secondary N) is 1. The third-order valence-electron chi connectivity index (χ3n) is 3.73. The van der Waals surface area contributed by atoms with Gasteiger partial charge in [0.05, 0.1) is 18.1 Å². The lowest BCUT2D eigenvalue weighted by molar-refractivity contribution is 0.101. The van der Waals surface area contributed by atoms with Crippen molar-refractivity contribution < 1.29 is 18.4 Å². The molecule has 1 N–H and O–H groups in total. The van der Waals surface area contributed by atoms with Crippen LogP contribution in [0.2, 0.25) is 0 Å². The molecule has 0 saturated heterocycles. The van der Waals surface area contributed by atoms with Crippen molar-refractivity contribution in [3.05, 3.63) is 84.6 Å². The average Bonchev–Trinajstić information content (AvgIpc) is 3.22. The number of carbonyl (C=O) groups excluding carboxylic acids is 1. The van der Waals surface area contributed by atoms with Crippen LogP contribution in [0.5, 0.6) is 11.8 Å². The van der Waals surface area contributed by atoms with Crippen LogP contribution in [0, 0.1) is 5.82 Å². The molecule has 0 aliphatic rings. The van der Waals surface area contributed by atoms with Gasteiger partial charge in [-0.2, -0.15) is 0 Å². The van der Waals surface area contributed by atoms with Gasteiger partial charge >= 0.3 is 6.01 Å². The van der Waals surface area contributed by atoms with Gasteiger partial charge in [-0.1, -0.05) is 47.6 Å². The predicted octanol–water partition coefficient (Wildman–Crippen LogP) is 4.32. The Balaban J connectivity index is 1.42. The van der Waals surface area contributed by atoms with Crippen LogP contribution in [0.15, 0.2) is 77.6 Å². The Morgan fingerprint density at radius 3 is 2.46 bits per heavy atom. The number of hydrogen-bond donors (Lipinski definition) is 1. The van der Waals surface area contributed by atoms with Gasteiger partial charge in [0.15, 0.2) is 23.0 Å². The normalized spacial score (nSPS) is 10.5. The predicted molar refractivity (Wildman–Crippen MR) is 98.4 cm³/mol. The molecule has 2 heterocycles. The molecule has 1 amide bonds. The Morgan fingerprint density at radius 1 is 1.00 bits per heavy atom. The quantitative estimate of drug-likeness (QED) is 0.558. The molecule has 2 aromatic carbocycles. The van der Waals surface area contributed by atoms with E-state index in [1.807, 2.05) is 30.3 Å². The van der Waals surface area contributed by atoms with Gasteiger partial charge in [-0.3, -0.25) is 4.79 Å². The summed E-state index contributed by atoms with van der Waals surface area (Å²) in [6.45, 7) is 0. The molecule has 0 radical (unpaired) electrons. The number of amides is 1. The number of carbonyl (C=O) groups is 1. The maximum Gasteiger partial charge on any atom is 0.322 e. The van der Waals surface area contributed by atoms with Crippen molar-refractivity contribution in [2.45, 2.75) is 0 Å². The van der Waals surface area contributed by atoms with E-state index in [0.29, 0.717) is 11.4 Å².